The van der Waals surface area contributed by atoms with Gasteiger partial charge in [0.05, 0.1) is 18.2 Å². The molecular weight excluding hydrogens is 378 g/mol. The maximum atomic E-state index is 12.9. The third kappa shape index (κ3) is 5.27. The predicted octanol–water partition coefficient (Wildman–Crippen LogP) is 3.77. The first-order valence-electron chi connectivity index (χ1n) is 8.92. The topological polar surface area (TPSA) is 95.9 Å². The van der Waals surface area contributed by atoms with Crippen LogP contribution in [0, 0.1) is 5.92 Å². The molecule has 0 heterocycles. The van der Waals surface area contributed by atoms with Crippen molar-refractivity contribution >= 4 is 24.5 Å². The van der Waals surface area contributed by atoms with E-state index in [2.05, 4.69) is 17.9 Å². The van der Waals surface area contributed by atoms with Gasteiger partial charge in [0.25, 0.3) is 5.91 Å². The average molecular weight is 404 g/mol. The molecule has 7 heteroatoms. The predicted molar refractivity (Wildman–Crippen MR) is 109 cm³/mol. The molecule has 0 unspecified atom stereocenters. The number of rotatable bonds is 8. The van der Waals surface area contributed by atoms with Crippen molar-refractivity contribution in [2.24, 2.45) is 5.92 Å². The van der Waals surface area contributed by atoms with E-state index in [0.29, 0.717) is 0 Å². The second-order valence-corrected chi connectivity index (χ2v) is 7.60. The molecule has 28 heavy (non-hydrogen) atoms. The quantitative estimate of drug-likeness (QED) is 0.398. The Morgan fingerprint density at radius 1 is 1.14 bits per heavy atom. The fourth-order valence-electron chi connectivity index (χ4n) is 2.63. The van der Waals surface area contributed by atoms with Gasteiger partial charge in [-0.1, -0.05) is 38.1 Å². The van der Waals surface area contributed by atoms with Crippen molar-refractivity contribution in [1.29, 1.82) is 0 Å². The Hall–Kier alpha value is -2.51. The van der Waals surface area contributed by atoms with Crippen molar-refractivity contribution < 1.29 is 24.5 Å². The largest absolute Gasteiger partial charge is 0.508 e. The van der Waals surface area contributed by atoms with E-state index in [0.717, 1.165) is 11.1 Å². The molecule has 0 saturated heterocycles. The lowest BCUT2D eigenvalue weighted by Gasteiger charge is -2.32. The molecule has 6 nitrogen and oxygen atoms in total. The summed E-state index contributed by atoms with van der Waals surface area (Å²) >= 11 is 4.52. The highest BCUT2D eigenvalue weighted by Crippen LogP contribution is 2.30. The highest BCUT2D eigenvalue weighted by molar-refractivity contribution is 7.82. The number of carboxylic acids is 1. The Morgan fingerprint density at radius 2 is 1.79 bits per heavy atom. The third-order valence-corrected chi connectivity index (χ3v) is 5.33. The van der Waals surface area contributed by atoms with E-state index < -0.39 is 10.9 Å². The zero-order valence-corrected chi connectivity index (χ0v) is 16.9. The van der Waals surface area contributed by atoms with Crippen LogP contribution < -0.4 is 5.32 Å². The lowest BCUT2D eigenvalue weighted by molar-refractivity contribution is -0.141. The Bertz CT molecular complexity index is 837. The summed E-state index contributed by atoms with van der Waals surface area (Å²) in [5.41, 5.74) is 1.68. The molecule has 1 amide bonds. The van der Waals surface area contributed by atoms with Crippen LogP contribution in [-0.4, -0.2) is 27.0 Å². The Morgan fingerprint density at radius 3 is 2.32 bits per heavy atom. The van der Waals surface area contributed by atoms with Gasteiger partial charge in [-0.25, -0.2) is 4.79 Å². The van der Waals surface area contributed by atoms with Gasteiger partial charge in [-0.15, -0.1) is 12.6 Å². The smallest absolute Gasteiger partial charge is 0.335 e. The van der Waals surface area contributed by atoms with E-state index in [1.54, 1.807) is 43.3 Å². The first-order chi connectivity index (χ1) is 13.1. The molecule has 2 rings (SSSR count). The van der Waals surface area contributed by atoms with Crippen LogP contribution in [0.5, 0.6) is 5.75 Å². The SMILES string of the molecule is CC(C)[C@](S)(OCc1cccc(O)c1)C(=O)N[C@@H](C)c1ccc(C(=O)O)cc1. The van der Waals surface area contributed by atoms with Gasteiger partial charge in [-0.3, -0.25) is 4.79 Å². The number of hydrogen-bond acceptors (Lipinski definition) is 5. The van der Waals surface area contributed by atoms with Crippen molar-refractivity contribution in [3.63, 3.8) is 0 Å². The number of amides is 1. The standard InChI is InChI=1S/C21H25NO5S/c1-13(2)21(28,27-12-15-5-4-6-18(23)11-15)20(26)22-14(3)16-7-9-17(10-8-16)19(24)25/h4-11,13-14,23,28H,12H2,1-3H3,(H,22,26)(H,24,25)/t14-,21+/m0/s1. The van der Waals surface area contributed by atoms with E-state index in [1.165, 1.54) is 12.1 Å². The maximum Gasteiger partial charge on any atom is 0.335 e. The molecule has 0 spiro atoms. The molecule has 2 atom stereocenters. The molecule has 0 radical (unpaired) electrons. The molecule has 0 aliphatic carbocycles. The van der Waals surface area contributed by atoms with E-state index in [-0.39, 0.29) is 35.8 Å². The number of hydrogen-bond donors (Lipinski definition) is 4. The van der Waals surface area contributed by atoms with Gasteiger partial charge >= 0.3 is 5.97 Å². The zero-order valence-electron chi connectivity index (χ0n) is 16.0. The fraction of sp³-hybridized carbons (Fsp3) is 0.333. The molecule has 0 fully saturated rings. The fourth-order valence-corrected chi connectivity index (χ4v) is 2.76. The van der Waals surface area contributed by atoms with Gasteiger partial charge in [0.15, 0.2) is 4.93 Å². The third-order valence-electron chi connectivity index (χ3n) is 4.48. The summed E-state index contributed by atoms with van der Waals surface area (Å²) in [6.07, 6.45) is 0. The molecule has 0 aliphatic heterocycles. The molecule has 3 N–H and O–H groups in total. The van der Waals surface area contributed by atoms with Crippen LogP contribution in [0.1, 0.15) is 48.3 Å². The van der Waals surface area contributed by atoms with Gasteiger partial charge in [0.2, 0.25) is 0 Å². The van der Waals surface area contributed by atoms with E-state index in [9.17, 15) is 14.7 Å². The highest BCUT2D eigenvalue weighted by Gasteiger charge is 2.39. The number of carbonyl (C=O) groups excluding carboxylic acids is 1. The van der Waals surface area contributed by atoms with E-state index in [1.807, 2.05) is 13.8 Å². The van der Waals surface area contributed by atoms with Crippen LogP contribution in [0.4, 0.5) is 0 Å². The number of thiol groups is 1. The van der Waals surface area contributed by atoms with Crippen LogP contribution in [0.2, 0.25) is 0 Å². The van der Waals surface area contributed by atoms with E-state index in [4.69, 9.17) is 9.84 Å². The lowest BCUT2D eigenvalue weighted by Crippen LogP contribution is -2.49. The minimum Gasteiger partial charge on any atom is -0.508 e. The second kappa shape index (κ2) is 9.12. The first kappa shape index (κ1) is 21.8. The Balaban J connectivity index is 2.09. The molecule has 0 bridgehead atoms. The van der Waals surface area contributed by atoms with Gasteiger partial charge in [0, 0.05) is 5.92 Å². The van der Waals surface area contributed by atoms with Crippen LogP contribution in [0.15, 0.2) is 48.5 Å². The van der Waals surface area contributed by atoms with Gasteiger partial charge in [-0.2, -0.15) is 0 Å². The minimum atomic E-state index is -1.37. The summed E-state index contributed by atoms with van der Waals surface area (Å²) in [7, 11) is 0. The van der Waals surface area contributed by atoms with E-state index >= 15 is 0 Å². The molecule has 2 aromatic rings. The van der Waals surface area contributed by atoms with Crippen LogP contribution in [0.25, 0.3) is 0 Å². The van der Waals surface area contributed by atoms with Crippen molar-refractivity contribution in [3.05, 3.63) is 65.2 Å². The molecule has 2 aromatic carbocycles. The number of phenols is 1. The molecular formula is C21H25NO5S. The van der Waals surface area contributed by atoms with Crippen LogP contribution in [-0.2, 0) is 16.1 Å². The number of benzene rings is 2. The number of phenolic OH excluding ortho intramolecular Hbond substituents is 1. The Labute approximate surface area is 170 Å². The number of aromatic carboxylic acids is 1. The van der Waals surface area contributed by atoms with Gasteiger partial charge in [0.1, 0.15) is 5.75 Å². The molecule has 0 aliphatic rings. The first-order valence-corrected chi connectivity index (χ1v) is 9.36. The lowest BCUT2D eigenvalue weighted by atomic mass is 10.0. The number of carbonyl (C=O) groups is 2. The Kier molecular flexibility index (Phi) is 7.10. The number of nitrogens with one attached hydrogen (secondary N) is 1. The number of aromatic hydroxyl groups is 1. The van der Waals surface area contributed by atoms with Crippen molar-refractivity contribution in [2.45, 2.75) is 38.4 Å². The summed E-state index contributed by atoms with van der Waals surface area (Å²) in [4.78, 5) is 22.5. The second-order valence-electron chi connectivity index (χ2n) is 6.93. The zero-order chi connectivity index (χ0) is 20.9. The highest BCUT2D eigenvalue weighted by atomic mass is 32.1. The van der Waals surface area contributed by atoms with Crippen LogP contribution in [0.3, 0.4) is 0 Å². The normalized spacial score (nSPS) is 14.3. The molecule has 0 aromatic heterocycles. The minimum absolute atomic E-state index is 0.116. The molecule has 0 saturated carbocycles. The maximum absolute atomic E-state index is 12.9. The van der Waals surface area contributed by atoms with Crippen LogP contribution >= 0.6 is 12.6 Å². The summed E-state index contributed by atoms with van der Waals surface area (Å²) in [5.74, 6) is -1.49. The number of carboxylic acid groups (broad SMARTS) is 1. The monoisotopic (exact) mass is 403 g/mol. The van der Waals surface area contributed by atoms with Gasteiger partial charge in [-0.05, 0) is 42.3 Å². The van der Waals surface area contributed by atoms with Crippen molar-refractivity contribution in [1.82, 2.24) is 5.32 Å². The van der Waals surface area contributed by atoms with Gasteiger partial charge < -0.3 is 20.3 Å². The average Bonchev–Trinajstić information content (AvgIpc) is 2.65. The summed E-state index contributed by atoms with van der Waals surface area (Å²) in [6.45, 7) is 5.59. The molecule has 150 valence electrons. The van der Waals surface area contributed by atoms with Crippen molar-refractivity contribution in [2.75, 3.05) is 0 Å². The summed E-state index contributed by atoms with van der Waals surface area (Å²) < 4.78 is 5.84. The summed E-state index contributed by atoms with van der Waals surface area (Å²) in [6, 6.07) is 12.6. The number of ether oxygens (including phenoxy) is 1. The summed E-state index contributed by atoms with van der Waals surface area (Å²) in [5, 5.41) is 21.4. The van der Waals surface area contributed by atoms with Crippen molar-refractivity contribution in [3.8, 4) is 5.75 Å².